The molecule has 1 aromatic heterocycles. The fourth-order valence-corrected chi connectivity index (χ4v) is 3.91. The minimum absolute atomic E-state index is 0.0177. The molecule has 0 aliphatic heterocycles. The maximum Gasteiger partial charge on any atom is 0.160 e. The topological polar surface area (TPSA) is 57.9 Å². The lowest BCUT2D eigenvalue weighted by molar-refractivity contribution is 0.101. The average Bonchev–Trinajstić information content (AvgIpc) is 2.85. The smallest absolute Gasteiger partial charge is 0.160 e. The van der Waals surface area contributed by atoms with Gasteiger partial charge in [0.1, 0.15) is 5.84 Å². The average molecular weight is 461 g/mol. The van der Waals surface area contributed by atoms with Crippen LogP contribution in [-0.4, -0.2) is 47.4 Å². The van der Waals surface area contributed by atoms with Gasteiger partial charge < -0.3 is 4.90 Å². The molecule has 34 heavy (non-hydrogen) atoms. The second-order valence-electron chi connectivity index (χ2n) is 8.61. The van der Waals surface area contributed by atoms with Crippen LogP contribution in [0.4, 0.5) is 0 Å². The molecule has 5 heteroatoms. The summed E-state index contributed by atoms with van der Waals surface area (Å²) in [7, 11) is 1.71. The van der Waals surface area contributed by atoms with Crippen LogP contribution in [0.5, 0.6) is 0 Å². The zero-order valence-electron chi connectivity index (χ0n) is 22.1. The van der Waals surface area contributed by atoms with Crippen molar-refractivity contribution in [2.45, 2.75) is 73.8 Å². The lowest BCUT2D eigenvalue weighted by atomic mass is 9.98. The predicted molar refractivity (Wildman–Crippen MR) is 145 cm³/mol. The summed E-state index contributed by atoms with van der Waals surface area (Å²) < 4.78 is 0. The lowest BCUT2D eigenvalue weighted by Gasteiger charge is -2.32. The summed E-state index contributed by atoms with van der Waals surface area (Å²) in [6.07, 6.45) is 6.64. The predicted octanol–water partition coefficient (Wildman–Crippen LogP) is 6.74. The number of ketones is 1. The van der Waals surface area contributed by atoms with Gasteiger partial charge in [0.25, 0.3) is 0 Å². The summed E-state index contributed by atoms with van der Waals surface area (Å²) >= 11 is 0. The van der Waals surface area contributed by atoms with E-state index in [-0.39, 0.29) is 5.78 Å². The third-order valence-electron chi connectivity index (χ3n) is 6.11. The standard InChI is InChI=1S/C29H40N4O/c1-9-17-33(21(6)11-3)29(31-20(5)10-2)25-15-16-28(32-27(25)12-4)23-13-14-24(19-30-8)26(18-23)22(7)34/h10,13-16,18-19,21H,9,11-12,17H2,1-8H3/b20-10-,30-19?,31-29?/t21-/m0/s1. The molecule has 0 N–H and O–H groups in total. The van der Waals surface area contributed by atoms with E-state index in [1.165, 1.54) is 0 Å². The van der Waals surface area contributed by atoms with E-state index in [0.29, 0.717) is 11.6 Å². The number of Topliss-reactive ketones (excluding diaryl/α,β-unsaturated/α-hetero) is 1. The van der Waals surface area contributed by atoms with Gasteiger partial charge >= 0.3 is 0 Å². The molecule has 2 rings (SSSR count). The highest BCUT2D eigenvalue weighted by molar-refractivity contribution is 6.03. The van der Waals surface area contributed by atoms with E-state index in [9.17, 15) is 4.79 Å². The van der Waals surface area contributed by atoms with E-state index >= 15 is 0 Å². The third-order valence-corrected chi connectivity index (χ3v) is 6.11. The van der Waals surface area contributed by atoms with E-state index in [4.69, 9.17) is 9.98 Å². The molecule has 0 saturated heterocycles. The van der Waals surface area contributed by atoms with Gasteiger partial charge in [-0.05, 0) is 65.2 Å². The maximum atomic E-state index is 12.2. The fraction of sp³-hybridized carbons (Fsp3) is 0.448. The molecule has 5 nitrogen and oxygen atoms in total. The number of allylic oxidation sites excluding steroid dienone is 2. The van der Waals surface area contributed by atoms with Crippen molar-refractivity contribution in [3.05, 3.63) is 64.5 Å². The highest BCUT2D eigenvalue weighted by atomic mass is 16.1. The van der Waals surface area contributed by atoms with Crippen molar-refractivity contribution < 1.29 is 4.79 Å². The molecule has 2 aromatic rings. The number of aromatic nitrogens is 1. The van der Waals surface area contributed by atoms with Crippen LogP contribution in [0.15, 0.2) is 52.1 Å². The Balaban J connectivity index is 2.67. The van der Waals surface area contributed by atoms with Gasteiger partial charge in [0.2, 0.25) is 0 Å². The molecule has 0 spiro atoms. The second-order valence-corrected chi connectivity index (χ2v) is 8.61. The number of benzene rings is 1. The number of nitrogens with zero attached hydrogens (tertiary/aromatic N) is 4. The van der Waals surface area contributed by atoms with E-state index in [1.54, 1.807) is 20.2 Å². The van der Waals surface area contributed by atoms with Crippen molar-refractivity contribution in [2.24, 2.45) is 9.98 Å². The number of hydrogen-bond donors (Lipinski definition) is 0. The maximum absolute atomic E-state index is 12.2. The van der Waals surface area contributed by atoms with Crippen LogP contribution in [0.2, 0.25) is 0 Å². The third kappa shape index (κ3) is 6.49. The lowest BCUT2D eigenvalue weighted by Crippen LogP contribution is -2.40. The molecule has 0 amide bonds. The normalized spacial score (nSPS) is 13.4. The van der Waals surface area contributed by atoms with Crippen LogP contribution in [0, 0.1) is 0 Å². The van der Waals surface area contributed by atoms with Crippen molar-refractivity contribution in [3.8, 4) is 11.3 Å². The number of aryl methyl sites for hydroxylation is 1. The highest BCUT2D eigenvalue weighted by Gasteiger charge is 2.21. The Kier molecular flexibility index (Phi) is 10.4. The summed E-state index contributed by atoms with van der Waals surface area (Å²) in [5, 5.41) is 0. The number of pyridine rings is 1. The first-order valence-electron chi connectivity index (χ1n) is 12.4. The van der Waals surface area contributed by atoms with Crippen LogP contribution in [0.25, 0.3) is 11.3 Å². The minimum atomic E-state index is 0.0177. The molecule has 0 unspecified atom stereocenters. The Morgan fingerprint density at radius 3 is 2.41 bits per heavy atom. The van der Waals surface area contributed by atoms with Gasteiger partial charge in [0, 0.05) is 53.8 Å². The molecule has 182 valence electrons. The number of carbonyl (C=O) groups is 1. The molecule has 0 fully saturated rings. The first-order chi connectivity index (χ1) is 16.3. The van der Waals surface area contributed by atoms with Gasteiger partial charge in [0.15, 0.2) is 5.78 Å². The summed E-state index contributed by atoms with van der Waals surface area (Å²) in [4.78, 5) is 28.8. The van der Waals surface area contributed by atoms with Crippen LogP contribution >= 0.6 is 0 Å². The van der Waals surface area contributed by atoms with Crippen molar-refractivity contribution >= 4 is 17.8 Å². The quantitative estimate of drug-likeness (QED) is 0.224. The van der Waals surface area contributed by atoms with Crippen LogP contribution < -0.4 is 0 Å². The monoisotopic (exact) mass is 460 g/mol. The number of hydrogen-bond acceptors (Lipinski definition) is 4. The minimum Gasteiger partial charge on any atom is -0.353 e. The number of amidine groups is 1. The second kappa shape index (κ2) is 13.0. The van der Waals surface area contributed by atoms with Crippen molar-refractivity contribution in [3.63, 3.8) is 0 Å². The zero-order chi connectivity index (χ0) is 25.3. The van der Waals surface area contributed by atoms with Crippen LogP contribution in [-0.2, 0) is 6.42 Å². The zero-order valence-corrected chi connectivity index (χ0v) is 22.1. The van der Waals surface area contributed by atoms with Gasteiger partial charge in [0.05, 0.1) is 11.4 Å². The molecule has 0 bridgehead atoms. The SMILES string of the molecule is C/C=C(/C)N=C(c1ccc(-c2ccc(C=NC)c(C(C)=O)c2)nc1CC)N(CCC)[C@@H](C)CC. The molecular weight excluding hydrogens is 420 g/mol. The summed E-state index contributed by atoms with van der Waals surface area (Å²) in [5.74, 6) is 1.01. The van der Waals surface area contributed by atoms with Crippen molar-refractivity contribution in [1.82, 2.24) is 9.88 Å². The Bertz CT molecular complexity index is 1080. The molecule has 0 saturated carbocycles. The highest BCUT2D eigenvalue weighted by Crippen LogP contribution is 2.25. The number of carbonyl (C=O) groups excluding carboxylic acids is 1. The van der Waals surface area contributed by atoms with Crippen molar-refractivity contribution in [1.29, 1.82) is 0 Å². The van der Waals surface area contributed by atoms with E-state index < -0.39 is 0 Å². The van der Waals surface area contributed by atoms with Crippen LogP contribution in [0.3, 0.4) is 0 Å². The van der Waals surface area contributed by atoms with E-state index in [2.05, 4.69) is 43.7 Å². The number of aliphatic imine (C=N–C) groups is 2. The largest absolute Gasteiger partial charge is 0.353 e. The van der Waals surface area contributed by atoms with Crippen molar-refractivity contribution in [2.75, 3.05) is 13.6 Å². The first-order valence-corrected chi connectivity index (χ1v) is 12.4. The molecule has 0 aliphatic carbocycles. The Morgan fingerprint density at radius 1 is 1.12 bits per heavy atom. The Morgan fingerprint density at radius 2 is 1.85 bits per heavy atom. The van der Waals surface area contributed by atoms with Crippen LogP contribution in [0.1, 0.15) is 88.5 Å². The van der Waals surface area contributed by atoms with Gasteiger partial charge in [-0.25, -0.2) is 4.99 Å². The first kappa shape index (κ1) is 27.2. The van der Waals surface area contributed by atoms with Gasteiger partial charge in [-0.1, -0.05) is 39.0 Å². The Labute approximate surface area is 205 Å². The van der Waals surface area contributed by atoms with Gasteiger partial charge in [-0.3, -0.25) is 14.8 Å². The molecular formula is C29H40N4O. The fourth-order valence-electron chi connectivity index (χ4n) is 3.91. The molecule has 0 radical (unpaired) electrons. The summed E-state index contributed by atoms with van der Waals surface area (Å²) in [6.45, 7) is 15.4. The molecule has 1 aromatic carbocycles. The molecule has 0 aliphatic rings. The number of rotatable bonds is 10. The molecule has 1 heterocycles. The van der Waals surface area contributed by atoms with Gasteiger partial charge in [-0.15, -0.1) is 0 Å². The molecule has 1 atom stereocenters. The summed E-state index contributed by atoms with van der Waals surface area (Å²) in [5.41, 5.74) is 6.33. The van der Waals surface area contributed by atoms with Gasteiger partial charge in [-0.2, -0.15) is 0 Å². The summed E-state index contributed by atoms with van der Waals surface area (Å²) in [6, 6.07) is 10.4. The van der Waals surface area contributed by atoms with E-state index in [0.717, 1.165) is 65.4 Å². The Hall–Kier alpha value is -3.08. The van der Waals surface area contributed by atoms with E-state index in [1.807, 2.05) is 44.2 Å².